The molecule has 5 heteroatoms. The average Bonchev–Trinajstić information content (AvgIpc) is 2.92. The van der Waals surface area contributed by atoms with Gasteiger partial charge in [0.25, 0.3) is 0 Å². The summed E-state index contributed by atoms with van der Waals surface area (Å²) in [6, 6.07) is 9.43. The number of phenolic OH excluding ortho intramolecular Hbond substituents is 1. The Kier molecular flexibility index (Phi) is 3.21. The highest BCUT2D eigenvalue weighted by Gasteiger charge is 2.22. The summed E-state index contributed by atoms with van der Waals surface area (Å²) in [5.41, 5.74) is 5.87. The van der Waals surface area contributed by atoms with Crippen molar-refractivity contribution in [3.8, 4) is 5.75 Å². The summed E-state index contributed by atoms with van der Waals surface area (Å²) in [5, 5.41) is 14.2. The predicted octanol–water partition coefficient (Wildman–Crippen LogP) is 2.99. The van der Waals surface area contributed by atoms with Crippen molar-refractivity contribution < 1.29 is 5.11 Å². The lowest BCUT2D eigenvalue weighted by Crippen LogP contribution is -2.09. The van der Waals surface area contributed by atoms with Crippen molar-refractivity contribution in [2.45, 2.75) is 12.5 Å². The summed E-state index contributed by atoms with van der Waals surface area (Å²) in [4.78, 5) is 4.01. The van der Waals surface area contributed by atoms with Crippen LogP contribution < -0.4 is 5.43 Å². The number of aromatic nitrogens is 1. The molecule has 0 radical (unpaired) electrons. The Hall–Kier alpha value is -1.88. The van der Waals surface area contributed by atoms with E-state index in [1.54, 1.807) is 18.5 Å². The van der Waals surface area contributed by atoms with Crippen LogP contribution in [0.4, 0.5) is 0 Å². The number of nitrogens with zero attached hydrogens (tertiary/aromatic N) is 2. The number of hydrogen-bond donors (Lipinski definition) is 2. The van der Waals surface area contributed by atoms with E-state index >= 15 is 0 Å². The summed E-state index contributed by atoms with van der Waals surface area (Å²) in [5.74, 6) is 0.249. The summed E-state index contributed by atoms with van der Waals surface area (Å²) in [6.45, 7) is 0. The van der Waals surface area contributed by atoms with E-state index in [9.17, 15) is 5.11 Å². The van der Waals surface area contributed by atoms with Crippen LogP contribution in [0, 0.1) is 0 Å². The van der Waals surface area contributed by atoms with Crippen LogP contribution in [-0.4, -0.2) is 15.8 Å². The van der Waals surface area contributed by atoms with E-state index in [-0.39, 0.29) is 11.8 Å². The Morgan fingerprint density at radius 2 is 2.00 bits per heavy atom. The molecule has 96 valence electrons. The molecule has 0 fully saturated rings. The molecule has 3 rings (SSSR count). The van der Waals surface area contributed by atoms with Crippen molar-refractivity contribution in [1.82, 2.24) is 10.4 Å². The fourth-order valence-corrected chi connectivity index (χ4v) is 2.50. The Bertz CT molecular complexity index is 628. The van der Waals surface area contributed by atoms with Crippen molar-refractivity contribution in [2.75, 3.05) is 0 Å². The van der Waals surface area contributed by atoms with E-state index < -0.39 is 0 Å². The van der Waals surface area contributed by atoms with Gasteiger partial charge in [-0.1, -0.05) is 15.9 Å². The molecule has 1 aromatic heterocycles. The lowest BCUT2D eigenvalue weighted by atomic mass is 9.99. The van der Waals surface area contributed by atoms with Crippen molar-refractivity contribution in [3.05, 3.63) is 58.3 Å². The first kappa shape index (κ1) is 12.2. The second-order valence-corrected chi connectivity index (χ2v) is 5.30. The average molecular weight is 318 g/mol. The van der Waals surface area contributed by atoms with E-state index in [2.05, 4.69) is 31.4 Å². The first-order chi connectivity index (χ1) is 9.24. The number of aromatic hydroxyl groups is 1. The Balaban J connectivity index is 1.84. The summed E-state index contributed by atoms with van der Waals surface area (Å²) in [7, 11) is 0. The van der Waals surface area contributed by atoms with E-state index in [1.165, 1.54) is 0 Å². The number of benzene rings is 1. The van der Waals surface area contributed by atoms with Crippen molar-refractivity contribution in [3.63, 3.8) is 0 Å². The van der Waals surface area contributed by atoms with Gasteiger partial charge >= 0.3 is 0 Å². The Labute approximate surface area is 119 Å². The van der Waals surface area contributed by atoms with Gasteiger partial charge in [-0.25, -0.2) is 0 Å². The molecule has 1 aliphatic rings. The topological polar surface area (TPSA) is 57.5 Å². The zero-order chi connectivity index (χ0) is 13.2. The third-order valence-electron chi connectivity index (χ3n) is 3.13. The van der Waals surface area contributed by atoms with Crippen LogP contribution in [0.15, 0.2) is 52.3 Å². The third-order valence-corrected chi connectivity index (χ3v) is 3.62. The molecule has 0 aliphatic carbocycles. The highest BCUT2D eigenvalue weighted by atomic mass is 79.9. The smallest absolute Gasteiger partial charge is 0.124 e. The van der Waals surface area contributed by atoms with Gasteiger partial charge in [-0.3, -0.25) is 4.98 Å². The van der Waals surface area contributed by atoms with Crippen LogP contribution in [0.1, 0.15) is 23.6 Å². The minimum atomic E-state index is 0.136. The molecule has 1 aliphatic heterocycles. The highest BCUT2D eigenvalue weighted by Crippen LogP contribution is 2.29. The molecule has 0 unspecified atom stereocenters. The van der Waals surface area contributed by atoms with Gasteiger partial charge in [-0.05, 0) is 35.9 Å². The molecular formula is C14H12BrN3O. The fourth-order valence-electron chi connectivity index (χ4n) is 2.14. The molecule has 0 saturated carbocycles. The van der Waals surface area contributed by atoms with Gasteiger partial charge in [-0.15, -0.1) is 0 Å². The van der Waals surface area contributed by atoms with Gasteiger partial charge in [0.2, 0.25) is 0 Å². The molecule has 0 saturated heterocycles. The number of nitrogens with one attached hydrogen (secondary N) is 1. The monoisotopic (exact) mass is 317 g/mol. The number of hydrazone groups is 1. The highest BCUT2D eigenvalue weighted by molar-refractivity contribution is 9.10. The summed E-state index contributed by atoms with van der Waals surface area (Å²) >= 11 is 3.41. The second kappa shape index (κ2) is 5.01. The van der Waals surface area contributed by atoms with E-state index in [1.807, 2.05) is 24.3 Å². The minimum Gasteiger partial charge on any atom is -0.507 e. The number of pyridine rings is 1. The second-order valence-electron chi connectivity index (χ2n) is 4.39. The van der Waals surface area contributed by atoms with Crippen LogP contribution in [-0.2, 0) is 0 Å². The van der Waals surface area contributed by atoms with Crippen LogP contribution in [0.3, 0.4) is 0 Å². The zero-order valence-corrected chi connectivity index (χ0v) is 11.6. The number of rotatable bonds is 2. The first-order valence-corrected chi connectivity index (χ1v) is 6.74. The van der Waals surface area contributed by atoms with Gasteiger partial charge in [0.05, 0.1) is 11.8 Å². The van der Waals surface area contributed by atoms with Crippen LogP contribution in [0.5, 0.6) is 5.75 Å². The standard InChI is InChI=1S/C14H12BrN3O/c15-10-1-2-14(19)11(7-10)13-8-12(17-18-13)9-3-5-16-6-4-9/h1-7,12,17,19H,8H2/t12-/m1/s1. The SMILES string of the molecule is Oc1ccc(Br)cc1C1=NN[C@@H](c2ccncc2)C1. The number of phenols is 1. The first-order valence-electron chi connectivity index (χ1n) is 5.95. The molecular weight excluding hydrogens is 306 g/mol. The van der Waals surface area contributed by atoms with Crippen molar-refractivity contribution in [2.24, 2.45) is 5.10 Å². The van der Waals surface area contributed by atoms with E-state index in [0.717, 1.165) is 27.7 Å². The largest absolute Gasteiger partial charge is 0.507 e. The molecule has 1 atom stereocenters. The van der Waals surface area contributed by atoms with Crippen LogP contribution in [0.25, 0.3) is 0 Å². The fraction of sp³-hybridized carbons (Fsp3) is 0.143. The number of hydrogen-bond acceptors (Lipinski definition) is 4. The summed E-state index contributed by atoms with van der Waals surface area (Å²) in [6.07, 6.45) is 4.28. The van der Waals surface area contributed by atoms with Crippen LogP contribution >= 0.6 is 15.9 Å². The number of halogens is 1. The molecule has 0 spiro atoms. The van der Waals surface area contributed by atoms with Crippen molar-refractivity contribution >= 4 is 21.6 Å². The molecule has 19 heavy (non-hydrogen) atoms. The molecule has 4 nitrogen and oxygen atoms in total. The zero-order valence-electron chi connectivity index (χ0n) is 10.0. The maximum atomic E-state index is 9.91. The molecule has 2 N–H and O–H groups in total. The predicted molar refractivity (Wildman–Crippen MR) is 77.1 cm³/mol. The van der Waals surface area contributed by atoms with Gasteiger partial charge in [-0.2, -0.15) is 5.10 Å². The molecule has 2 heterocycles. The van der Waals surface area contributed by atoms with E-state index in [4.69, 9.17) is 0 Å². The molecule has 2 aromatic rings. The Morgan fingerprint density at radius 3 is 2.79 bits per heavy atom. The summed E-state index contributed by atoms with van der Waals surface area (Å²) < 4.78 is 0.926. The van der Waals surface area contributed by atoms with Gasteiger partial charge in [0.1, 0.15) is 5.75 Å². The van der Waals surface area contributed by atoms with Crippen molar-refractivity contribution in [1.29, 1.82) is 0 Å². The van der Waals surface area contributed by atoms with Gasteiger partial charge < -0.3 is 10.5 Å². The maximum Gasteiger partial charge on any atom is 0.124 e. The normalized spacial score (nSPS) is 17.9. The maximum absolute atomic E-state index is 9.91. The third kappa shape index (κ3) is 2.46. The lowest BCUT2D eigenvalue weighted by Gasteiger charge is -2.09. The molecule has 1 aromatic carbocycles. The quantitative estimate of drug-likeness (QED) is 0.895. The lowest BCUT2D eigenvalue weighted by molar-refractivity contribution is 0.474. The van der Waals surface area contributed by atoms with Gasteiger partial charge in [0, 0.05) is 28.9 Å². The van der Waals surface area contributed by atoms with E-state index in [0.29, 0.717) is 0 Å². The Morgan fingerprint density at radius 1 is 1.21 bits per heavy atom. The molecule has 0 bridgehead atoms. The minimum absolute atomic E-state index is 0.136. The van der Waals surface area contributed by atoms with Crippen LogP contribution in [0.2, 0.25) is 0 Å². The molecule has 0 amide bonds. The van der Waals surface area contributed by atoms with Gasteiger partial charge in [0.15, 0.2) is 0 Å².